The molecule has 0 saturated heterocycles. The van der Waals surface area contributed by atoms with Crippen LogP contribution in [0.5, 0.6) is 11.5 Å². The van der Waals surface area contributed by atoms with Crippen LogP contribution in [0.15, 0.2) is 23.2 Å². The van der Waals surface area contributed by atoms with Crippen LogP contribution in [-0.2, 0) is 20.0 Å². The van der Waals surface area contributed by atoms with E-state index in [9.17, 15) is 0 Å². The number of aliphatic imine (C=N–C) groups is 1. The topological polar surface area (TPSA) is 72.7 Å². The summed E-state index contributed by atoms with van der Waals surface area (Å²) in [5.41, 5.74) is 4.57. The Morgan fingerprint density at radius 2 is 2.07 bits per heavy atom. The maximum atomic E-state index is 5.56. The number of methoxy groups -OCH3 is 1. The lowest BCUT2D eigenvalue weighted by molar-refractivity contribution is 0.330. The van der Waals surface area contributed by atoms with Gasteiger partial charge in [0.15, 0.2) is 17.5 Å². The summed E-state index contributed by atoms with van der Waals surface area (Å²) in [7, 11) is 5.34. The molecule has 0 radical (unpaired) electrons. The van der Waals surface area contributed by atoms with E-state index in [4.69, 9.17) is 15.9 Å². The van der Waals surface area contributed by atoms with Crippen molar-refractivity contribution in [3.05, 3.63) is 40.7 Å². The number of nitrogens with zero attached hydrogens (tertiary/aromatic N) is 3. The van der Waals surface area contributed by atoms with Crippen LogP contribution in [0.3, 0.4) is 0 Å². The van der Waals surface area contributed by atoms with Gasteiger partial charge in [-0.05, 0) is 50.5 Å². The number of aryl methyl sites for hydroxylation is 2. The normalized spacial score (nSPS) is 11.8. The monoisotopic (exact) mass is 525 g/mol. The van der Waals surface area contributed by atoms with E-state index in [0.29, 0.717) is 18.0 Å². The van der Waals surface area contributed by atoms with Gasteiger partial charge >= 0.3 is 0 Å². The molecule has 0 aliphatic heterocycles. The van der Waals surface area contributed by atoms with E-state index in [1.165, 1.54) is 11.3 Å². The van der Waals surface area contributed by atoms with Crippen molar-refractivity contribution in [3.63, 3.8) is 0 Å². The Balaban J connectivity index is 0.00000450. The lowest BCUT2D eigenvalue weighted by Crippen LogP contribution is -2.42. The Morgan fingerprint density at radius 1 is 1.33 bits per heavy atom. The second-order valence-corrected chi connectivity index (χ2v) is 6.93. The first-order chi connectivity index (χ1) is 13.9. The van der Waals surface area contributed by atoms with Gasteiger partial charge < -0.3 is 20.1 Å². The summed E-state index contributed by atoms with van der Waals surface area (Å²) >= 11 is 0. The minimum atomic E-state index is 0. The van der Waals surface area contributed by atoms with Crippen LogP contribution in [-0.4, -0.2) is 42.5 Å². The molecular weight excluding hydrogens is 493 g/mol. The molecule has 2 rings (SSSR count). The summed E-state index contributed by atoms with van der Waals surface area (Å²) in [5, 5.41) is 11.3. The van der Waals surface area contributed by atoms with Crippen LogP contribution in [0.4, 0.5) is 0 Å². The highest BCUT2D eigenvalue weighted by atomic mass is 127. The molecule has 2 aromatic rings. The molecule has 1 unspecified atom stereocenters. The predicted molar refractivity (Wildman–Crippen MR) is 132 cm³/mol. The smallest absolute Gasteiger partial charge is 0.191 e. The van der Waals surface area contributed by atoms with Gasteiger partial charge in [0.2, 0.25) is 0 Å². The first kappa shape index (κ1) is 25.6. The van der Waals surface area contributed by atoms with Gasteiger partial charge in [0.05, 0.1) is 12.8 Å². The number of benzene rings is 1. The molecular formula is C22H32IN5O2. The first-order valence-corrected chi connectivity index (χ1v) is 9.59. The van der Waals surface area contributed by atoms with E-state index in [1.54, 1.807) is 14.2 Å². The van der Waals surface area contributed by atoms with E-state index in [-0.39, 0.29) is 36.6 Å². The van der Waals surface area contributed by atoms with E-state index >= 15 is 0 Å². The van der Waals surface area contributed by atoms with E-state index in [2.05, 4.69) is 40.5 Å². The number of terminal acetylenes is 1. The molecule has 0 saturated carbocycles. The maximum absolute atomic E-state index is 5.56. The molecule has 0 fully saturated rings. The zero-order chi connectivity index (χ0) is 21.4. The molecule has 0 aliphatic rings. The summed E-state index contributed by atoms with van der Waals surface area (Å²) in [6, 6.07) is 5.97. The fraction of sp³-hybridized carbons (Fsp3) is 0.455. The third kappa shape index (κ3) is 6.83. The average Bonchev–Trinajstić information content (AvgIpc) is 2.95. The number of aromatic nitrogens is 2. The summed E-state index contributed by atoms with van der Waals surface area (Å²) in [6.45, 7) is 7.07. The van der Waals surface area contributed by atoms with Crippen molar-refractivity contribution in [1.29, 1.82) is 0 Å². The van der Waals surface area contributed by atoms with Crippen LogP contribution < -0.4 is 20.1 Å². The van der Waals surface area contributed by atoms with Crippen LogP contribution in [0.25, 0.3) is 0 Å². The van der Waals surface area contributed by atoms with Gasteiger partial charge in [0.1, 0.15) is 6.61 Å². The predicted octanol–water partition coefficient (Wildman–Crippen LogP) is 2.97. The maximum Gasteiger partial charge on any atom is 0.191 e. The number of hydrogen-bond donors (Lipinski definition) is 2. The summed E-state index contributed by atoms with van der Waals surface area (Å²) in [6.07, 6.45) is 6.16. The Kier molecular flexibility index (Phi) is 10.5. The fourth-order valence-corrected chi connectivity index (χ4v) is 3.15. The molecule has 164 valence electrons. The van der Waals surface area contributed by atoms with Crippen molar-refractivity contribution in [2.45, 2.75) is 39.8 Å². The van der Waals surface area contributed by atoms with Gasteiger partial charge in [0.25, 0.3) is 0 Å². The number of ether oxygens (including phenoxy) is 2. The Labute approximate surface area is 196 Å². The lowest BCUT2D eigenvalue weighted by atomic mass is 10.1. The summed E-state index contributed by atoms with van der Waals surface area (Å²) < 4.78 is 12.8. The molecule has 1 heterocycles. The van der Waals surface area contributed by atoms with E-state index in [1.807, 2.05) is 36.9 Å². The van der Waals surface area contributed by atoms with E-state index < -0.39 is 0 Å². The first-order valence-electron chi connectivity index (χ1n) is 9.59. The molecule has 30 heavy (non-hydrogen) atoms. The Morgan fingerprint density at radius 3 is 2.63 bits per heavy atom. The minimum Gasteiger partial charge on any atom is -0.493 e. The molecule has 2 N–H and O–H groups in total. The molecule has 0 amide bonds. The lowest BCUT2D eigenvalue weighted by Gasteiger charge is -2.18. The number of rotatable bonds is 8. The number of guanidine groups is 1. The molecule has 8 heteroatoms. The number of hydrogen-bond acceptors (Lipinski definition) is 4. The highest BCUT2D eigenvalue weighted by molar-refractivity contribution is 14.0. The van der Waals surface area contributed by atoms with Crippen LogP contribution >= 0.6 is 24.0 Å². The van der Waals surface area contributed by atoms with Crippen molar-refractivity contribution in [3.8, 4) is 23.8 Å². The van der Waals surface area contributed by atoms with Gasteiger partial charge in [-0.3, -0.25) is 9.67 Å². The number of halogens is 1. The second kappa shape index (κ2) is 12.3. The van der Waals surface area contributed by atoms with Gasteiger partial charge in [-0.25, -0.2) is 0 Å². The quantitative estimate of drug-likeness (QED) is 0.240. The largest absolute Gasteiger partial charge is 0.493 e. The molecule has 0 spiro atoms. The second-order valence-electron chi connectivity index (χ2n) is 6.93. The van der Waals surface area contributed by atoms with Gasteiger partial charge in [0, 0.05) is 32.4 Å². The van der Waals surface area contributed by atoms with Gasteiger partial charge in [-0.1, -0.05) is 12.0 Å². The fourth-order valence-electron chi connectivity index (χ4n) is 3.15. The van der Waals surface area contributed by atoms with Crippen LogP contribution in [0.1, 0.15) is 29.4 Å². The number of nitrogens with one attached hydrogen (secondary N) is 2. The van der Waals surface area contributed by atoms with Crippen molar-refractivity contribution >= 4 is 29.9 Å². The van der Waals surface area contributed by atoms with Crippen LogP contribution in [0.2, 0.25) is 0 Å². The molecule has 7 nitrogen and oxygen atoms in total. The zero-order valence-electron chi connectivity index (χ0n) is 18.6. The molecule has 0 bridgehead atoms. The highest BCUT2D eigenvalue weighted by Gasteiger charge is 2.14. The third-order valence-electron chi connectivity index (χ3n) is 4.77. The van der Waals surface area contributed by atoms with Crippen molar-refractivity contribution in [1.82, 2.24) is 20.4 Å². The van der Waals surface area contributed by atoms with Crippen molar-refractivity contribution in [2.75, 3.05) is 20.8 Å². The van der Waals surface area contributed by atoms with Crippen LogP contribution in [0, 0.1) is 26.2 Å². The third-order valence-corrected chi connectivity index (χ3v) is 4.77. The van der Waals surface area contributed by atoms with Gasteiger partial charge in [-0.2, -0.15) is 5.10 Å². The molecule has 1 aromatic heterocycles. The molecule has 0 aliphatic carbocycles. The summed E-state index contributed by atoms with van der Waals surface area (Å²) in [4.78, 5) is 4.33. The van der Waals surface area contributed by atoms with Gasteiger partial charge in [-0.15, -0.1) is 30.4 Å². The standard InChI is InChI=1S/C22H31N5O2.HI/c1-8-11-29-21-13-18(9-10-20(21)28-7)14-24-22(23-5)25-15(2)12-19-16(3)26-27(6)17(19)4;/h1,9-10,13,15H,11-12,14H2,2-7H3,(H2,23,24,25);1H. The van der Waals surface area contributed by atoms with E-state index in [0.717, 1.165) is 23.6 Å². The Bertz CT molecular complexity index is 902. The summed E-state index contributed by atoms with van der Waals surface area (Å²) in [5.74, 6) is 4.49. The molecule has 1 aromatic carbocycles. The minimum absolute atomic E-state index is 0. The molecule has 1 atom stereocenters. The average molecular weight is 525 g/mol. The zero-order valence-corrected chi connectivity index (χ0v) is 20.9. The highest BCUT2D eigenvalue weighted by Crippen LogP contribution is 2.28. The van der Waals surface area contributed by atoms with Crippen molar-refractivity contribution < 1.29 is 9.47 Å². The SMILES string of the molecule is C#CCOc1cc(CNC(=NC)NC(C)Cc2c(C)nn(C)c2C)ccc1OC.I. The van der Waals surface area contributed by atoms with Crippen molar-refractivity contribution in [2.24, 2.45) is 12.0 Å². The Hall–Kier alpha value is -2.41.